The van der Waals surface area contributed by atoms with Gasteiger partial charge in [0.2, 0.25) is 0 Å². The minimum absolute atomic E-state index is 0.0140. The molecule has 0 spiro atoms. The smallest absolute Gasteiger partial charge is 0.138 e. The molecule has 1 aromatic rings. The molecule has 0 radical (unpaired) electrons. The summed E-state index contributed by atoms with van der Waals surface area (Å²) in [5, 5.41) is 9.52. The fourth-order valence-corrected chi connectivity index (χ4v) is 2.40. The van der Waals surface area contributed by atoms with Gasteiger partial charge in [0, 0.05) is 0 Å². The first-order valence-electron chi connectivity index (χ1n) is 6.20. The molecule has 1 aliphatic heterocycles. The molecule has 1 unspecified atom stereocenters. The van der Waals surface area contributed by atoms with Gasteiger partial charge in [0.05, 0.1) is 23.3 Å². The standard InChI is InChI=1S/C14H19ClO3/c1-14(2)6-5-11(18-14)9-17-13-4-3-10(8-16)7-12(13)15/h3-4,7,11,16H,5-6,8-9H2,1-2H3. The second kappa shape index (κ2) is 5.47. The zero-order valence-corrected chi connectivity index (χ0v) is 11.5. The summed E-state index contributed by atoms with van der Waals surface area (Å²) in [5.74, 6) is 0.641. The Labute approximate surface area is 113 Å². The van der Waals surface area contributed by atoms with Crippen molar-refractivity contribution < 1.29 is 14.6 Å². The van der Waals surface area contributed by atoms with E-state index in [1.807, 2.05) is 0 Å². The highest BCUT2D eigenvalue weighted by molar-refractivity contribution is 6.32. The highest BCUT2D eigenvalue weighted by atomic mass is 35.5. The van der Waals surface area contributed by atoms with E-state index >= 15 is 0 Å². The van der Waals surface area contributed by atoms with Crippen molar-refractivity contribution in [3.05, 3.63) is 28.8 Å². The van der Waals surface area contributed by atoms with Gasteiger partial charge in [-0.15, -0.1) is 0 Å². The SMILES string of the molecule is CC1(C)CCC(COc2ccc(CO)cc2Cl)O1. The first-order chi connectivity index (χ1) is 8.50. The van der Waals surface area contributed by atoms with Crippen LogP contribution in [0.15, 0.2) is 18.2 Å². The molecule has 1 saturated heterocycles. The first kappa shape index (κ1) is 13.7. The molecule has 1 aliphatic rings. The zero-order valence-electron chi connectivity index (χ0n) is 10.8. The maximum Gasteiger partial charge on any atom is 0.138 e. The van der Waals surface area contributed by atoms with Crippen LogP contribution in [0.5, 0.6) is 5.75 Å². The molecule has 0 amide bonds. The van der Waals surface area contributed by atoms with Crippen molar-refractivity contribution in [3.63, 3.8) is 0 Å². The van der Waals surface area contributed by atoms with Gasteiger partial charge in [0.1, 0.15) is 12.4 Å². The lowest BCUT2D eigenvalue weighted by molar-refractivity contribution is -0.0326. The van der Waals surface area contributed by atoms with E-state index in [0.717, 1.165) is 18.4 Å². The van der Waals surface area contributed by atoms with Crippen LogP contribution < -0.4 is 4.74 Å². The zero-order chi connectivity index (χ0) is 13.2. The van der Waals surface area contributed by atoms with Gasteiger partial charge in [-0.05, 0) is 44.4 Å². The summed E-state index contributed by atoms with van der Waals surface area (Å²) in [7, 11) is 0. The van der Waals surface area contributed by atoms with Crippen molar-refractivity contribution in [1.82, 2.24) is 0 Å². The van der Waals surface area contributed by atoms with E-state index in [4.69, 9.17) is 26.2 Å². The Balaban J connectivity index is 1.91. The summed E-state index contributed by atoms with van der Waals surface area (Å²) in [6.45, 7) is 4.69. The maximum atomic E-state index is 8.99. The van der Waals surface area contributed by atoms with E-state index in [2.05, 4.69) is 13.8 Å². The monoisotopic (exact) mass is 270 g/mol. The molecule has 0 bridgehead atoms. The highest BCUT2D eigenvalue weighted by Crippen LogP contribution is 2.31. The minimum atomic E-state index is -0.0431. The summed E-state index contributed by atoms with van der Waals surface area (Å²) in [5.41, 5.74) is 0.740. The molecule has 1 atom stereocenters. The van der Waals surface area contributed by atoms with Crippen molar-refractivity contribution in [3.8, 4) is 5.75 Å². The molecule has 100 valence electrons. The van der Waals surface area contributed by atoms with Crippen LogP contribution in [0.1, 0.15) is 32.3 Å². The van der Waals surface area contributed by atoms with Gasteiger partial charge >= 0.3 is 0 Å². The van der Waals surface area contributed by atoms with Crippen molar-refractivity contribution in [2.75, 3.05) is 6.61 Å². The van der Waals surface area contributed by atoms with Gasteiger partial charge in [-0.3, -0.25) is 0 Å². The normalized spacial score (nSPS) is 22.1. The lowest BCUT2D eigenvalue weighted by Crippen LogP contribution is -2.23. The number of rotatable bonds is 4. The third-order valence-corrected chi connectivity index (χ3v) is 3.45. The molecule has 1 N–H and O–H groups in total. The van der Waals surface area contributed by atoms with Gasteiger partial charge in [0.25, 0.3) is 0 Å². The van der Waals surface area contributed by atoms with E-state index < -0.39 is 0 Å². The molecule has 18 heavy (non-hydrogen) atoms. The van der Waals surface area contributed by atoms with E-state index in [-0.39, 0.29) is 18.3 Å². The van der Waals surface area contributed by atoms with Crippen LogP contribution in [0.2, 0.25) is 5.02 Å². The fourth-order valence-electron chi connectivity index (χ4n) is 2.14. The molecule has 3 nitrogen and oxygen atoms in total. The van der Waals surface area contributed by atoms with Crippen LogP contribution in [0.25, 0.3) is 0 Å². The molecular formula is C14H19ClO3. The maximum absolute atomic E-state index is 8.99. The van der Waals surface area contributed by atoms with E-state index in [1.54, 1.807) is 18.2 Å². The Kier molecular flexibility index (Phi) is 4.15. The number of hydrogen-bond acceptors (Lipinski definition) is 3. The van der Waals surface area contributed by atoms with E-state index in [0.29, 0.717) is 17.4 Å². The second-order valence-electron chi connectivity index (χ2n) is 5.27. The Bertz CT molecular complexity index is 418. The number of halogens is 1. The van der Waals surface area contributed by atoms with Gasteiger partial charge in [-0.2, -0.15) is 0 Å². The summed E-state index contributed by atoms with van der Waals surface area (Å²) in [4.78, 5) is 0. The summed E-state index contributed by atoms with van der Waals surface area (Å²) < 4.78 is 11.5. The molecule has 4 heteroatoms. The molecule has 0 saturated carbocycles. The number of ether oxygens (including phenoxy) is 2. The third kappa shape index (κ3) is 3.37. The van der Waals surface area contributed by atoms with Crippen LogP contribution >= 0.6 is 11.6 Å². The Morgan fingerprint density at radius 2 is 2.28 bits per heavy atom. The summed E-state index contributed by atoms with van der Waals surface area (Å²) >= 11 is 6.07. The predicted molar refractivity (Wildman–Crippen MR) is 71.1 cm³/mol. The van der Waals surface area contributed by atoms with Gasteiger partial charge < -0.3 is 14.6 Å². The van der Waals surface area contributed by atoms with Crippen molar-refractivity contribution in [1.29, 1.82) is 0 Å². The fraction of sp³-hybridized carbons (Fsp3) is 0.571. The van der Waals surface area contributed by atoms with Gasteiger partial charge in [-0.1, -0.05) is 17.7 Å². The predicted octanol–water partition coefficient (Wildman–Crippen LogP) is 3.17. The topological polar surface area (TPSA) is 38.7 Å². The lowest BCUT2D eigenvalue weighted by Gasteiger charge is -2.19. The Morgan fingerprint density at radius 3 is 2.83 bits per heavy atom. The average molecular weight is 271 g/mol. The summed E-state index contributed by atoms with van der Waals surface area (Å²) in [6, 6.07) is 5.31. The largest absolute Gasteiger partial charge is 0.489 e. The molecule has 2 rings (SSSR count). The lowest BCUT2D eigenvalue weighted by atomic mass is 10.1. The molecule has 1 aromatic carbocycles. The van der Waals surface area contributed by atoms with E-state index in [1.165, 1.54) is 0 Å². The molecule has 0 aromatic heterocycles. The van der Waals surface area contributed by atoms with Crippen molar-refractivity contribution in [2.45, 2.75) is 45.0 Å². The van der Waals surface area contributed by atoms with Crippen LogP contribution in [-0.2, 0) is 11.3 Å². The summed E-state index contributed by atoms with van der Waals surface area (Å²) in [6.07, 6.45) is 2.20. The molecule has 1 fully saturated rings. The van der Waals surface area contributed by atoms with Crippen LogP contribution in [0.3, 0.4) is 0 Å². The quantitative estimate of drug-likeness (QED) is 0.913. The Morgan fingerprint density at radius 1 is 1.50 bits per heavy atom. The van der Waals surface area contributed by atoms with Crippen LogP contribution in [0.4, 0.5) is 0 Å². The van der Waals surface area contributed by atoms with Gasteiger partial charge in [0.15, 0.2) is 0 Å². The number of aliphatic hydroxyl groups excluding tert-OH is 1. The number of benzene rings is 1. The highest BCUT2D eigenvalue weighted by Gasteiger charge is 2.31. The molecular weight excluding hydrogens is 252 g/mol. The number of aliphatic hydroxyl groups is 1. The molecule has 0 aliphatic carbocycles. The average Bonchev–Trinajstić information content (AvgIpc) is 2.67. The van der Waals surface area contributed by atoms with Crippen LogP contribution in [0, 0.1) is 0 Å². The second-order valence-corrected chi connectivity index (χ2v) is 5.68. The van der Waals surface area contributed by atoms with Crippen molar-refractivity contribution >= 4 is 11.6 Å². The first-order valence-corrected chi connectivity index (χ1v) is 6.58. The van der Waals surface area contributed by atoms with Crippen molar-refractivity contribution in [2.24, 2.45) is 0 Å². The Hall–Kier alpha value is -0.770. The number of hydrogen-bond donors (Lipinski definition) is 1. The van der Waals surface area contributed by atoms with Gasteiger partial charge in [-0.25, -0.2) is 0 Å². The third-order valence-electron chi connectivity index (χ3n) is 3.16. The molecule has 1 heterocycles. The van der Waals surface area contributed by atoms with Crippen LogP contribution in [-0.4, -0.2) is 23.4 Å². The minimum Gasteiger partial charge on any atom is -0.489 e. The van der Waals surface area contributed by atoms with E-state index in [9.17, 15) is 0 Å².